The number of rotatable bonds is 2. The van der Waals surface area contributed by atoms with E-state index in [-0.39, 0.29) is 0 Å². The minimum atomic E-state index is 0.835. The zero-order valence-electron chi connectivity index (χ0n) is 11.2. The summed E-state index contributed by atoms with van der Waals surface area (Å²) in [5.74, 6) is 0. The minimum Gasteiger partial charge on any atom is -0.0616 e. The van der Waals surface area contributed by atoms with E-state index in [1.165, 1.54) is 33.4 Å². The van der Waals surface area contributed by atoms with E-state index in [1.807, 2.05) is 0 Å². The molecule has 93 valence electrons. The molecule has 0 nitrogen and oxygen atoms in total. The number of fused-ring (bicyclic) bond motifs is 1. The summed E-state index contributed by atoms with van der Waals surface area (Å²) in [5, 5.41) is 0. The van der Waals surface area contributed by atoms with Crippen LogP contribution in [0.1, 0.15) is 28.7 Å². The van der Waals surface area contributed by atoms with Crippen LogP contribution in [0, 0.1) is 13.8 Å². The SMILES string of the molecule is [CH2]CC1=CC(=Cc2cccc(C)c2)c2ccccc21. The normalized spacial score (nSPS) is 15.5. The van der Waals surface area contributed by atoms with Gasteiger partial charge in [-0.2, -0.15) is 0 Å². The van der Waals surface area contributed by atoms with Crippen LogP contribution in [-0.2, 0) is 0 Å². The van der Waals surface area contributed by atoms with E-state index in [0.717, 1.165) is 6.42 Å². The van der Waals surface area contributed by atoms with E-state index in [0.29, 0.717) is 0 Å². The predicted molar refractivity (Wildman–Crippen MR) is 83.4 cm³/mol. The van der Waals surface area contributed by atoms with Crippen molar-refractivity contribution in [2.24, 2.45) is 0 Å². The topological polar surface area (TPSA) is 0 Å². The van der Waals surface area contributed by atoms with Crippen molar-refractivity contribution in [3.63, 3.8) is 0 Å². The first kappa shape index (κ1) is 12.0. The molecule has 3 rings (SSSR count). The molecule has 0 heteroatoms. The maximum atomic E-state index is 4.03. The molecule has 0 unspecified atom stereocenters. The van der Waals surface area contributed by atoms with Crippen LogP contribution in [0.5, 0.6) is 0 Å². The molecule has 0 heterocycles. The Balaban J connectivity index is 2.09. The van der Waals surface area contributed by atoms with Gasteiger partial charge in [0.05, 0.1) is 0 Å². The number of aryl methyl sites for hydroxylation is 1. The zero-order valence-corrected chi connectivity index (χ0v) is 11.2. The van der Waals surface area contributed by atoms with E-state index in [9.17, 15) is 0 Å². The Morgan fingerprint density at radius 2 is 1.79 bits per heavy atom. The molecule has 1 radical (unpaired) electrons. The van der Waals surface area contributed by atoms with Crippen LogP contribution in [0.2, 0.25) is 0 Å². The van der Waals surface area contributed by atoms with Gasteiger partial charge in [0.25, 0.3) is 0 Å². The van der Waals surface area contributed by atoms with E-state index in [4.69, 9.17) is 0 Å². The summed E-state index contributed by atoms with van der Waals surface area (Å²) in [6.45, 7) is 6.15. The third-order valence-electron chi connectivity index (χ3n) is 3.55. The highest BCUT2D eigenvalue weighted by molar-refractivity contribution is 6.01. The first-order valence-electron chi connectivity index (χ1n) is 6.66. The largest absolute Gasteiger partial charge is 0.0616 e. The number of allylic oxidation sites excluding steroid dienone is 3. The molecular weight excluding hydrogens is 228 g/mol. The fraction of sp³-hybridized carbons (Fsp3) is 0.105. The average Bonchev–Trinajstić information content (AvgIpc) is 2.77. The summed E-state index contributed by atoms with van der Waals surface area (Å²) in [4.78, 5) is 0. The Morgan fingerprint density at radius 1 is 1.00 bits per heavy atom. The molecule has 0 spiro atoms. The van der Waals surface area contributed by atoms with Crippen molar-refractivity contribution in [2.75, 3.05) is 0 Å². The molecular formula is C19H17. The molecule has 0 amide bonds. The monoisotopic (exact) mass is 245 g/mol. The highest BCUT2D eigenvalue weighted by Gasteiger charge is 2.15. The van der Waals surface area contributed by atoms with Crippen molar-refractivity contribution in [1.29, 1.82) is 0 Å². The lowest BCUT2D eigenvalue weighted by atomic mass is 10.0. The van der Waals surface area contributed by atoms with Crippen LogP contribution in [0.25, 0.3) is 17.2 Å². The summed E-state index contributed by atoms with van der Waals surface area (Å²) in [5.41, 5.74) is 7.82. The molecule has 2 aromatic rings. The highest BCUT2D eigenvalue weighted by atomic mass is 14.2. The highest BCUT2D eigenvalue weighted by Crippen LogP contribution is 2.37. The van der Waals surface area contributed by atoms with Gasteiger partial charge in [0.15, 0.2) is 0 Å². The molecule has 0 aromatic heterocycles. The zero-order chi connectivity index (χ0) is 13.2. The molecule has 1 aliphatic rings. The number of hydrogen-bond donors (Lipinski definition) is 0. The molecule has 0 atom stereocenters. The van der Waals surface area contributed by atoms with Gasteiger partial charge in [0.2, 0.25) is 0 Å². The second-order valence-electron chi connectivity index (χ2n) is 4.98. The Morgan fingerprint density at radius 3 is 2.53 bits per heavy atom. The summed E-state index contributed by atoms with van der Waals surface area (Å²) >= 11 is 0. The van der Waals surface area contributed by atoms with Crippen LogP contribution in [0.4, 0.5) is 0 Å². The van der Waals surface area contributed by atoms with Crippen molar-refractivity contribution in [3.8, 4) is 0 Å². The second-order valence-corrected chi connectivity index (χ2v) is 4.98. The lowest BCUT2D eigenvalue weighted by molar-refractivity contribution is 1.41. The Bertz CT molecular complexity index is 672. The van der Waals surface area contributed by atoms with Gasteiger partial charge in [-0.1, -0.05) is 60.2 Å². The molecule has 0 saturated heterocycles. The molecule has 0 bridgehead atoms. The smallest absolute Gasteiger partial charge is 0.0108 e. The molecule has 1 aliphatic carbocycles. The van der Waals surface area contributed by atoms with Crippen molar-refractivity contribution in [3.05, 3.63) is 83.8 Å². The van der Waals surface area contributed by atoms with Gasteiger partial charge in [-0.3, -0.25) is 0 Å². The van der Waals surface area contributed by atoms with E-state index in [2.05, 4.69) is 74.5 Å². The van der Waals surface area contributed by atoms with Crippen LogP contribution < -0.4 is 0 Å². The molecule has 0 fully saturated rings. The van der Waals surface area contributed by atoms with Crippen molar-refractivity contribution in [1.82, 2.24) is 0 Å². The third kappa shape index (κ3) is 2.26. The summed E-state index contributed by atoms with van der Waals surface area (Å²) < 4.78 is 0. The van der Waals surface area contributed by atoms with Crippen LogP contribution in [0.3, 0.4) is 0 Å². The lowest BCUT2D eigenvalue weighted by Crippen LogP contribution is -1.83. The molecule has 0 aliphatic heterocycles. The summed E-state index contributed by atoms with van der Waals surface area (Å²) in [6, 6.07) is 17.2. The minimum absolute atomic E-state index is 0.835. The van der Waals surface area contributed by atoms with Gasteiger partial charge in [-0.15, -0.1) is 0 Å². The van der Waals surface area contributed by atoms with Crippen LogP contribution in [-0.4, -0.2) is 0 Å². The molecule has 0 saturated carbocycles. The van der Waals surface area contributed by atoms with E-state index < -0.39 is 0 Å². The van der Waals surface area contributed by atoms with Gasteiger partial charge in [-0.05, 0) is 54.2 Å². The molecule has 19 heavy (non-hydrogen) atoms. The Kier molecular flexibility index (Phi) is 3.08. The van der Waals surface area contributed by atoms with Gasteiger partial charge < -0.3 is 0 Å². The van der Waals surface area contributed by atoms with Gasteiger partial charge in [-0.25, -0.2) is 0 Å². The van der Waals surface area contributed by atoms with Crippen LogP contribution >= 0.6 is 0 Å². The lowest BCUT2D eigenvalue weighted by Gasteiger charge is -2.03. The van der Waals surface area contributed by atoms with Gasteiger partial charge >= 0.3 is 0 Å². The standard InChI is InChI=1S/C19H17/c1-3-16-13-17(19-10-5-4-9-18(16)19)12-15-8-6-7-14(2)11-15/h4-13H,1,3H2,2H3. The quantitative estimate of drug-likeness (QED) is 0.685. The van der Waals surface area contributed by atoms with E-state index in [1.54, 1.807) is 0 Å². The number of benzene rings is 2. The maximum absolute atomic E-state index is 4.03. The van der Waals surface area contributed by atoms with Crippen molar-refractivity contribution in [2.45, 2.75) is 13.3 Å². The molecule has 0 N–H and O–H groups in total. The van der Waals surface area contributed by atoms with Gasteiger partial charge in [0, 0.05) is 0 Å². The second kappa shape index (κ2) is 4.89. The first-order chi connectivity index (χ1) is 9.28. The average molecular weight is 245 g/mol. The van der Waals surface area contributed by atoms with Crippen molar-refractivity contribution < 1.29 is 0 Å². The number of hydrogen-bond acceptors (Lipinski definition) is 0. The maximum Gasteiger partial charge on any atom is -0.0108 e. The van der Waals surface area contributed by atoms with Gasteiger partial charge in [0.1, 0.15) is 0 Å². The fourth-order valence-corrected chi connectivity index (χ4v) is 2.62. The Labute approximate surface area is 115 Å². The van der Waals surface area contributed by atoms with E-state index >= 15 is 0 Å². The fourth-order valence-electron chi connectivity index (χ4n) is 2.62. The third-order valence-corrected chi connectivity index (χ3v) is 3.55. The predicted octanol–water partition coefficient (Wildman–Crippen LogP) is 5.16. The molecule has 2 aromatic carbocycles. The van der Waals surface area contributed by atoms with Crippen molar-refractivity contribution >= 4 is 17.2 Å². The summed E-state index contributed by atoms with van der Waals surface area (Å²) in [7, 11) is 0. The first-order valence-corrected chi connectivity index (χ1v) is 6.66. The van der Waals surface area contributed by atoms with Crippen LogP contribution in [0.15, 0.2) is 54.6 Å². The Hall–Kier alpha value is -2.08. The summed E-state index contributed by atoms with van der Waals surface area (Å²) in [6.07, 6.45) is 5.36.